The van der Waals surface area contributed by atoms with E-state index in [1.165, 1.54) is 12.8 Å². The molecule has 1 aliphatic carbocycles. The number of carbonyl (C=O) groups is 1. The zero-order valence-electron chi connectivity index (χ0n) is 12.2. The summed E-state index contributed by atoms with van der Waals surface area (Å²) in [5.74, 6) is 1.23. The molecule has 4 rings (SSSR count). The van der Waals surface area contributed by atoms with E-state index in [-0.39, 0.29) is 5.91 Å². The first-order valence-corrected chi connectivity index (χ1v) is 7.73. The Labute approximate surface area is 128 Å². The fourth-order valence-electron chi connectivity index (χ4n) is 3.73. The van der Waals surface area contributed by atoms with Crippen LogP contribution in [0.15, 0.2) is 24.3 Å². The van der Waals surface area contributed by atoms with Crippen molar-refractivity contribution in [2.75, 3.05) is 11.9 Å². The minimum atomic E-state index is 0.131. The van der Waals surface area contributed by atoms with Crippen LogP contribution in [-0.4, -0.2) is 44.0 Å². The predicted octanol–water partition coefficient (Wildman–Crippen LogP) is 1.96. The van der Waals surface area contributed by atoms with Crippen LogP contribution in [0.4, 0.5) is 11.6 Å². The second kappa shape index (κ2) is 5.40. The van der Waals surface area contributed by atoms with E-state index in [1.807, 2.05) is 24.3 Å². The van der Waals surface area contributed by atoms with E-state index in [1.54, 1.807) is 0 Å². The van der Waals surface area contributed by atoms with Gasteiger partial charge in [-0.25, -0.2) is 0 Å². The minimum absolute atomic E-state index is 0.131. The van der Waals surface area contributed by atoms with Gasteiger partial charge in [-0.15, -0.1) is 5.10 Å². The fraction of sp³-hybridized carbons (Fsp3) is 0.467. The van der Waals surface area contributed by atoms with Crippen LogP contribution in [0.25, 0.3) is 0 Å². The highest BCUT2D eigenvalue weighted by atomic mass is 16.2. The molecule has 1 saturated heterocycles. The van der Waals surface area contributed by atoms with Gasteiger partial charge in [0.25, 0.3) is 11.9 Å². The lowest BCUT2D eigenvalue weighted by atomic mass is 10.0. The van der Waals surface area contributed by atoms with Crippen LogP contribution in [0, 0.1) is 5.92 Å². The summed E-state index contributed by atoms with van der Waals surface area (Å²) in [6.45, 7) is 0.886. The van der Waals surface area contributed by atoms with Crippen LogP contribution in [0.5, 0.6) is 0 Å². The first-order valence-electron chi connectivity index (χ1n) is 7.73. The van der Waals surface area contributed by atoms with Gasteiger partial charge in [-0.05, 0) is 48.6 Å². The maximum atomic E-state index is 12.8. The molecule has 2 N–H and O–H groups in total. The third kappa shape index (κ3) is 2.32. The third-order valence-corrected chi connectivity index (χ3v) is 4.73. The largest absolute Gasteiger partial charge is 0.335 e. The Hall–Kier alpha value is -2.44. The minimum Gasteiger partial charge on any atom is -0.335 e. The predicted molar refractivity (Wildman–Crippen MR) is 80.7 cm³/mol. The van der Waals surface area contributed by atoms with Crippen LogP contribution in [-0.2, 0) is 0 Å². The van der Waals surface area contributed by atoms with E-state index >= 15 is 0 Å². The monoisotopic (exact) mass is 298 g/mol. The van der Waals surface area contributed by atoms with Gasteiger partial charge in [0.15, 0.2) is 0 Å². The summed E-state index contributed by atoms with van der Waals surface area (Å²) < 4.78 is 0. The highest BCUT2D eigenvalue weighted by Crippen LogP contribution is 2.38. The standard InChI is InChI=1S/C15H18N6O/c22-14(21-8-7-10-3-2-6-13(10)21)11-4-1-5-12(9-11)16-15-17-19-20-18-15/h1,4-5,9-10,13H,2-3,6-8H2,(H2,16,17,18,19,20)/t10-,13-/m0/s1. The van der Waals surface area contributed by atoms with Crippen LogP contribution in [0.2, 0.25) is 0 Å². The Morgan fingerprint density at radius 3 is 3.14 bits per heavy atom. The topological polar surface area (TPSA) is 86.8 Å². The smallest absolute Gasteiger partial charge is 0.267 e. The van der Waals surface area contributed by atoms with Gasteiger partial charge in [-0.1, -0.05) is 17.6 Å². The quantitative estimate of drug-likeness (QED) is 0.904. The molecule has 0 radical (unpaired) electrons. The van der Waals surface area contributed by atoms with Crippen LogP contribution in [0.3, 0.4) is 0 Å². The zero-order chi connectivity index (χ0) is 14.9. The Bertz CT molecular complexity index is 670. The van der Waals surface area contributed by atoms with E-state index in [0.29, 0.717) is 23.5 Å². The summed E-state index contributed by atoms with van der Waals surface area (Å²) >= 11 is 0. The molecule has 2 heterocycles. The van der Waals surface area contributed by atoms with Gasteiger partial charge in [0.05, 0.1) is 0 Å². The molecule has 2 aliphatic rings. The first kappa shape index (κ1) is 13.2. The van der Waals surface area contributed by atoms with Crippen molar-refractivity contribution in [1.82, 2.24) is 25.5 Å². The van der Waals surface area contributed by atoms with Gasteiger partial charge < -0.3 is 10.2 Å². The first-order chi connectivity index (χ1) is 10.8. The number of aromatic amines is 1. The molecule has 1 aliphatic heterocycles. The Balaban J connectivity index is 1.53. The van der Waals surface area contributed by atoms with E-state index in [0.717, 1.165) is 25.1 Å². The number of hydrogen-bond donors (Lipinski definition) is 2. The molecule has 0 bridgehead atoms. The van der Waals surface area contributed by atoms with Crippen molar-refractivity contribution >= 4 is 17.5 Å². The number of likely N-dealkylation sites (tertiary alicyclic amines) is 1. The maximum absolute atomic E-state index is 12.8. The molecular formula is C15H18N6O. The van der Waals surface area contributed by atoms with Gasteiger partial charge in [-0.2, -0.15) is 5.21 Å². The summed E-state index contributed by atoms with van der Waals surface area (Å²) in [5, 5.41) is 16.6. The Morgan fingerprint density at radius 1 is 1.32 bits per heavy atom. The molecule has 2 fully saturated rings. The average Bonchev–Trinajstić information content (AvgIpc) is 3.24. The second-order valence-electron chi connectivity index (χ2n) is 5.99. The molecule has 1 amide bonds. The van der Waals surface area contributed by atoms with E-state index in [9.17, 15) is 4.79 Å². The molecule has 1 aromatic carbocycles. The summed E-state index contributed by atoms with van der Waals surface area (Å²) in [5.41, 5.74) is 1.50. The number of nitrogens with one attached hydrogen (secondary N) is 2. The fourth-order valence-corrected chi connectivity index (χ4v) is 3.73. The lowest BCUT2D eigenvalue weighted by molar-refractivity contribution is 0.0729. The highest BCUT2D eigenvalue weighted by molar-refractivity contribution is 5.95. The molecule has 114 valence electrons. The van der Waals surface area contributed by atoms with Gasteiger partial charge in [0.2, 0.25) is 0 Å². The van der Waals surface area contributed by atoms with Gasteiger partial charge in [0, 0.05) is 23.8 Å². The molecule has 22 heavy (non-hydrogen) atoms. The number of anilines is 2. The molecule has 2 aromatic rings. The van der Waals surface area contributed by atoms with Crippen molar-refractivity contribution in [1.29, 1.82) is 0 Å². The normalized spacial score (nSPS) is 23.5. The van der Waals surface area contributed by atoms with E-state index in [2.05, 4.69) is 30.8 Å². The number of carbonyl (C=O) groups excluding carboxylic acids is 1. The molecule has 2 atom stereocenters. The number of H-pyrrole nitrogens is 1. The molecule has 1 aromatic heterocycles. The number of amides is 1. The number of fused-ring (bicyclic) bond motifs is 1. The number of tetrazole rings is 1. The number of benzene rings is 1. The molecule has 1 saturated carbocycles. The van der Waals surface area contributed by atoms with Gasteiger partial charge in [-0.3, -0.25) is 4.79 Å². The van der Waals surface area contributed by atoms with Crippen molar-refractivity contribution < 1.29 is 4.79 Å². The number of rotatable bonds is 3. The van der Waals surface area contributed by atoms with Crippen LogP contribution >= 0.6 is 0 Å². The average molecular weight is 298 g/mol. The zero-order valence-corrected chi connectivity index (χ0v) is 12.2. The summed E-state index contributed by atoms with van der Waals surface area (Å²) in [4.78, 5) is 14.9. The van der Waals surface area contributed by atoms with Crippen molar-refractivity contribution in [3.63, 3.8) is 0 Å². The molecule has 0 spiro atoms. The number of aromatic nitrogens is 4. The molecule has 7 heteroatoms. The van der Waals surface area contributed by atoms with Crippen molar-refractivity contribution in [3.05, 3.63) is 29.8 Å². The Morgan fingerprint density at radius 2 is 2.27 bits per heavy atom. The van der Waals surface area contributed by atoms with Gasteiger partial charge >= 0.3 is 0 Å². The summed E-state index contributed by atoms with van der Waals surface area (Å²) in [6, 6.07) is 7.92. The SMILES string of the molecule is O=C(c1cccc(Nc2nn[nH]n2)c1)N1CC[C@@H]2CCC[C@@H]21. The van der Waals surface area contributed by atoms with E-state index in [4.69, 9.17) is 0 Å². The molecular weight excluding hydrogens is 280 g/mol. The van der Waals surface area contributed by atoms with Crippen LogP contribution in [0.1, 0.15) is 36.0 Å². The van der Waals surface area contributed by atoms with Crippen LogP contribution < -0.4 is 5.32 Å². The second-order valence-corrected chi connectivity index (χ2v) is 5.99. The Kier molecular flexibility index (Phi) is 3.25. The summed E-state index contributed by atoms with van der Waals surface area (Å²) in [6.07, 6.45) is 4.82. The van der Waals surface area contributed by atoms with Crippen molar-refractivity contribution in [2.24, 2.45) is 5.92 Å². The van der Waals surface area contributed by atoms with Gasteiger partial charge in [0.1, 0.15) is 0 Å². The number of nitrogens with zero attached hydrogens (tertiary/aromatic N) is 4. The van der Waals surface area contributed by atoms with E-state index < -0.39 is 0 Å². The lowest BCUT2D eigenvalue weighted by Gasteiger charge is -2.24. The highest BCUT2D eigenvalue weighted by Gasteiger charge is 2.39. The number of hydrogen-bond acceptors (Lipinski definition) is 5. The molecule has 0 unspecified atom stereocenters. The third-order valence-electron chi connectivity index (χ3n) is 4.73. The molecule has 7 nitrogen and oxygen atoms in total. The van der Waals surface area contributed by atoms with Crippen molar-refractivity contribution in [3.8, 4) is 0 Å². The maximum Gasteiger partial charge on any atom is 0.267 e. The lowest BCUT2D eigenvalue weighted by Crippen LogP contribution is -2.35. The van der Waals surface area contributed by atoms with Crippen molar-refractivity contribution in [2.45, 2.75) is 31.7 Å². The summed E-state index contributed by atoms with van der Waals surface area (Å²) in [7, 11) is 0.